The lowest BCUT2D eigenvalue weighted by atomic mass is 9.84. The minimum Gasteiger partial charge on any atom is -0.379 e. The van der Waals surface area contributed by atoms with Crippen LogP contribution in [-0.2, 0) is 14.3 Å². The molecule has 130 valence electrons. The van der Waals surface area contributed by atoms with Crippen LogP contribution in [0.15, 0.2) is 0 Å². The molecule has 6 heteroatoms. The molecule has 0 radical (unpaired) electrons. The number of piperidine rings is 1. The van der Waals surface area contributed by atoms with Crippen molar-refractivity contribution >= 4 is 11.8 Å². The molecule has 0 N–H and O–H groups in total. The lowest BCUT2D eigenvalue weighted by Gasteiger charge is -2.34. The second-order valence-electron chi connectivity index (χ2n) is 7.12. The van der Waals surface area contributed by atoms with Gasteiger partial charge in [0, 0.05) is 46.2 Å². The topological polar surface area (TPSA) is 53.1 Å². The zero-order chi connectivity index (χ0) is 16.2. The van der Waals surface area contributed by atoms with E-state index < -0.39 is 0 Å². The van der Waals surface area contributed by atoms with Crippen molar-refractivity contribution in [1.82, 2.24) is 14.7 Å². The maximum absolute atomic E-state index is 12.5. The third-order valence-corrected chi connectivity index (χ3v) is 5.69. The maximum atomic E-state index is 12.5. The first kappa shape index (κ1) is 16.7. The minimum absolute atomic E-state index is 0.192. The van der Waals surface area contributed by atoms with Crippen molar-refractivity contribution in [3.63, 3.8) is 0 Å². The van der Waals surface area contributed by atoms with Crippen LogP contribution in [0.25, 0.3) is 0 Å². The highest BCUT2D eigenvalue weighted by atomic mass is 16.5. The van der Waals surface area contributed by atoms with E-state index in [0.29, 0.717) is 18.4 Å². The van der Waals surface area contributed by atoms with E-state index >= 15 is 0 Å². The highest BCUT2D eigenvalue weighted by Crippen LogP contribution is 2.32. The average molecular weight is 323 g/mol. The SMILES string of the molecule is CC(=O)N1CCC(C2CCN(C(=O)CN3CCOCC3)C2)CC1. The molecule has 3 rings (SSSR count). The number of likely N-dealkylation sites (tertiary alicyclic amines) is 2. The molecule has 3 heterocycles. The number of carbonyl (C=O) groups excluding carboxylic acids is 2. The summed E-state index contributed by atoms with van der Waals surface area (Å²) in [5, 5.41) is 0. The summed E-state index contributed by atoms with van der Waals surface area (Å²) in [6, 6.07) is 0. The highest BCUT2D eigenvalue weighted by Gasteiger charge is 2.34. The molecule has 3 aliphatic rings. The molecule has 1 unspecified atom stereocenters. The van der Waals surface area contributed by atoms with Crippen LogP contribution in [-0.4, -0.2) is 85.5 Å². The lowest BCUT2D eigenvalue weighted by molar-refractivity contribution is -0.132. The second kappa shape index (κ2) is 7.62. The summed E-state index contributed by atoms with van der Waals surface area (Å²) < 4.78 is 5.33. The van der Waals surface area contributed by atoms with Gasteiger partial charge in [-0.15, -0.1) is 0 Å². The van der Waals surface area contributed by atoms with Gasteiger partial charge in [0.05, 0.1) is 19.8 Å². The summed E-state index contributed by atoms with van der Waals surface area (Å²) in [7, 11) is 0. The number of ether oxygens (including phenoxy) is 1. The van der Waals surface area contributed by atoms with Gasteiger partial charge < -0.3 is 14.5 Å². The molecule has 0 aromatic carbocycles. The van der Waals surface area contributed by atoms with E-state index in [4.69, 9.17) is 4.74 Å². The van der Waals surface area contributed by atoms with Gasteiger partial charge in [0.2, 0.25) is 11.8 Å². The van der Waals surface area contributed by atoms with Crippen molar-refractivity contribution in [3.05, 3.63) is 0 Å². The van der Waals surface area contributed by atoms with E-state index in [1.807, 2.05) is 4.90 Å². The molecule has 0 spiro atoms. The van der Waals surface area contributed by atoms with Crippen molar-refractivity contribution in [1.29, 1.82) is 0 Å². The monoisotopic (exact) mass is 323 g/mol. The van der Waals surface area contributed by atoms with E-state index in [-0.39, 0.29) is 11.8 Å². The van der Waals surface area contributed by atoms with E-state index in [9.17, 15) is 9.59 Å². The van der Waals surface area contributed by atoms with Crippen LogP contribution in [0.3, 0.4) is 0 Å². The Morgan fingerprint density at radius 3 is 2.17 bits per heavy atom. The van der Waals surface area contributed by atoms with Gasteiger partial charge in [0.15, 0.2) is 0 Å². The first-order valence-electron chi connectivity index (χ1n) is 8.97. The Labute approximate surface area is 138 Å². The zero-order valence-electron chi connectivity index (χ0n) is 14.2. The average Bonchev–Trinajstić information content (AvgIpc) is 3.06. The Balaban J connectivity index is 1.43. The van der Waals surface area contributed by atoms with Crippen LogP contribution in [0.5, 0.6) is 0 Å². The summed E-state index contributed by atoms with van der Waals surface area (Å²) in [6.45, 7) is 9.00. The van der Waals surface area contributed by atoms with Crippen LogP contribution < -0.4 is 0 Å². The van der Waals surface area contributed by atoms with Crippen molar-refractivity contribution in [2.24, 2.45) is 11.8 Å². The molecule has 0 bridgehead atoms. The largest absolute Gasteiger partial charge is 0.379 e. The summed E-state index contributed by atoms with van der Waals surface area (Å²) in [6.07, 6.45) is 3.31. The molecule has 2 amide bonds. The minimum atomic E-state index is 0.192. The number of nitrogens with zero attached hydrogens (tertiary/aromatic N) is 3. The third kappa shape index (κ3) is 4.23. The summed E-state index contributed by atoms with van der Waals surface area (Å²) in [5.74, 6) is 1.76. The number of hydrogen-bond acceptors (Lipinski definition) is 4. The molecule has 3 aliphatic heterocycles. The molecule has 3 saturated heterocycles. The number of morpholine rings is 1. The molecule has 23 heavy (non-hydrogen) atoms. The third-order valence-electron chi connectivity index (χ3n) is 5.69. The van der Waals surface area contributed by atoms with Gasteiger partial charge in [-0.1, -0.05) is 0 Å². The van der Waals surface area contributed by atoms with Crippen LogP contribution in [0, 0.1) is 11.8 Å². The quantitative estimate of drug-likeness (QED) is 0.756. The Kier molecular flexibility index (Phi) is 5.54. The number of rotatable bonds is 3. The Morgan fingerprint density at radius 1 is 0.913 bits per heavy atom. The van der Waals surface area contributed by atoms with Crippen molar-refractivity contribution in [2.75, 3.05) is 59.0 Å². The van der Waals surface area contributed by atoms with Gasteiger partial charge in [0.25, 0.3) is 0 Å². The van der Waals surface area contributed by atoms with Gasteiger partial charge in [-0.05, 0) is 31.1 Å². The Morgan fingerprint density at radius 2 is 1.52 bits per heavy atom. The van der Waals surface area contributed by atoms with E-state index in [0.717, 1.165) is 71.7 Å². The number of amides is 2. The van der Waals surface area contributed by atoms with Crippen LogP contribution in [0.1, 0.15) is 26.2 Å². The zero-order valence-corrected chi connectivity index (χ0v) is 14.2. The lowest BCUT2D eigenvalue weighted by Crippen LogP contribution is -2.44. The highest BCUT2D eigenvalue weighted by molar-refractivity contribution is 5.78. The second-order valence-corrected chi connectivity index (χ2v) is 7.12. The molecule has 0 aromatic rings. The molecular formula is C17H29N3O3. The number of hydrogen-bond donors (Lipinski definition) is 0. The van der Waals surface area contributed by atoms with Gasteiger partial charge in [-0.25, -0.2) is 0 Å². The summed E-state index contributed by atoms with van der Waals surface area (Å²) in [4.78, 5) is 30.1. The first-order valence-corrected chi connectivity index (χ1v) is 8.97. The molecule has 6 nitrogen and oxygen atoms in total. The van der Waals surface area contributed by atoms with E-state index in [1.54, 1.807) is 6.92 Å². The van der Waals surface area contributed by atoms with Crippen LogP contribution in [0.2, 0.25) is 0 Å². The van der Waals surface area contributed by atoms with Gasteiger partial charge in [0.1, 0.15) is 0 Å². The van der Waals surface area contributed by atoms with E-state index in [1.165, 1.54) is 0 Å². The summed E-state index contributed by atoms with van der Waals surface area (Å²) >= 11 is 0. The van der Waals surface area contributed by atoms with Gasteiger partial charge in [-0.3, -0.25) is 14.5 Å². The number of carbonyl (C=O) groups is 2. The van der Waals surface area contributed by atoms with E-state index in [2.05, 4.69) is 9.80 Å². The first-order chi connectivity index (χ1) is 11.1. The molecule has 0 aliphatic carbocycles. The fraction of sp³-hybridized carbons (Fsp3) is 0.882. The van der Waals surface area contributed by atoms with Crippen molar-refractivity contribution in [3.8, 4) is 0 Å². The van der Waals surface area contributed by atoms with Crippen LogP contribution in [0.4, 0.5) is 0 Å². The fourth-order valence-electron chi connectivity index (χ4n) is 4.13. The Hall–Kier alpha value is -1.14. The van der Waals surface area contributed by atoms with Crippen LogP contribution >= 0.6 is 0 Å². The molecule has 3 fully saturated rings. The predicted octanol–water partition coefficient (Wildman–Crippen LogP) is 0.426. The maximum Gasteiger partial charge on any atom is 0.236 e. The van der Waals surface area contributed by atoms with Gasteiger partial charge >= 0.3 is 0 Å². The Bertz CT molecular complexity index is 429. The molecule has 0 saturated carbocycles. The smallest absolute Gasteiger partial charge is 0.236 e. The van der Waals surface area contributed by atoms with Crippen molar-refractivity contribution in [2.45, 2.75) is 26.2 Å². The standard InChI is InChI=1S/C17H29N3O3/c1-14(21)19-5-2-15(3-6-19)16-4-7-20(12-16)17(22)13-18-8-10-23-11-9-18/h15-16H,2-13H2,1H3. The predicted molar refractivity (Wildman–Crippen MR) is 86.9 cm³/mol. The summed E-state index contributed by atoms with van der Waals surface area (Å²) in [5.41, 5.74) is 0. The molecule has 0 aromatic heterocycles. The van der Waals surface area contributed by atoms with Gasteiger partial charge in [-0.2, -0.15) is 0 Å². The molecular weight excluding hydrogens is 294 g/mol. The normalized spacial score (nSPS) is 27.4. The van der Waals surface area contributed by atoms with Crippen molar-refractivity contribution < 1.29 is 14.3 Å². The fourth-order valence-corrected chi connectivity index (χ4v) is 4.13. The molecule has 1 atom stereocenters.